The number of nitrogens with one attached hydrogen (secondary N) is 3. The first-order chi connectivity index (χ1) is 12.7. The fourth-order valence-corrected chi connectivity index (χ4v) is 3.14. The largest absolute Gasteiger partial charge is 0.379 e. The van der Waals surface area contributed by atoms with Gasteiger partial charge >= 0.3 is 0 Å². The van der Waals surface area contributed by atoms with Crippen LogP contribution in [0.15, 0.2) is 54.6 Å². The van der Waals surface area contributed by atoms with E-state index in [1.165, 1.54) is 0 Å². The highest BCUT2D eigenvalue weighted by Gasteiger charge is 2.23. The number of amides is 1. The summed E-state index contributed by atoms with van der Waals surface area (Å²) in [6.07, 6.45) is 0.249. The van der Waals surface area contributed by atoms with Crippen LogP contribution in [-0.4, -0.2) is 27.4 Å². The van der Waals surface area contributed by atoms with Crippen LogP contribution in [0.4, 0.5) is 0 Å². The lowest BCUT2D eigenvalue weighted by atomic mass is 10.0. The molecule has 0 saturated heterocycles. The molecule has 134 valence electrons. The number of carbonyl (C=O) groups excluding carboxylic acids is 1. The second kappa shape index (κ2) is 8.58. The van der Waals surface area contributed by atoms with E-state index in [9.17, 15) is 4.79 Å². The summed E-state index contributed by atoms with van der Waals surface area (Å²) < 4.78 is 0. The molecule has 0 saturated carbocycles. The van der Waals surface area contributed by atoms with E-state index < -0.39 is 0 Å². The van der Waals surface area contributed by atoms with Gasteiger partial charge in [-0.1, -0.05) is 54.7 Å². The molecule has 1 atom stereocenters. The Morgan fingerprint density at radius 2 is 1.85 bits per heavy atom. The number of imidazole rings is 1. The van der Waals surface area contributed by atoms with E-state index >= 15 is 0 Å². The van der Waals surface area contributed by atoms with E-state index in [1.54, 1.807) is 0 Å². The minimum absolute atomic E-state index is 0.0560. The number of para-hydroxylation sites is 2. The van der Waals surface area contributed by atoms with Crippen LogP contribution in [0.5, 0.6) is 0 Å². The molecule has 1 unspecified atom stereocenters. The first-order valence-electron chi connectivity index (χ1n) is 8.70. The molecule has 0 spiro atoms. The fourth-order valence-electron chi connectivity index (χ4n) is 2.80. The standard InChI is InChI=1S/C20H22N4OS/c1-2-21-20(26)15(19-23-16-10-6-7-11-17(16)24-19)12-18(25)22-13-14-8-4-3-5-9-14/h3-11,15H,2,12-13H2,1H3,(H,21,26)(H,22,25)(H,23,24). The molecular weight excluding hydrogens is 344 g/mol. The summed E-state index contributed by atoms with van der Waals surface area (Å²) in [4.78, 5) is 21.0. The molecule has 0 aliphatic heterocycles. The fraction of sp³-hybridized carbons (Fsp3) is 0.250. The molecule has 26 heavy (non-hydrogen) atoms. The van der Waals surface area contributed by atoms with Gasteiger partial charge < -0.3 is 15.6 Å². The number of hydrogen-bond donors (Lipinski definition) is 3. The van der Waals surface area contributed by atoms with Gasteiger partial charge in [0, 0.05) is 19.5 Å². The second-order valence-electron chi connectivity index (χ2n) is 6.05. The SMILES string of the molecule is CCNC(=S)C(CC(=O)NCc1ccccc1)c1nc2ccccc2[nH]1. The van der Waals surface area contributed by atoms with Gasteiger partial charge in [0.2, 0.25) is 5.91 Å². The second-order valence-corrected chi connectivity index (χ2v) is 6.49. The molecule has 1 heterocycles. The maximum Gasteiger partial charge on any atom is 0.221 e. The summed E-state index contributed by atoms with van der Waals surface area (Å²) in [6.45, 7) is 3.19. The number of nitrogens with zero attached hydrogens (tertiary/aromatic N) is 1. The van der Waals surface area contributed by atoms with Crippen molar-refractivity contribution in [2.45, 2.75) is 25.8 Å². The summed E-state index contributed by atoms with van der Waals surface area (Å²) in [7, 11) is 0. The molecule has 2 aromatic carbocycles. The molecule has 0 aliphatic rings. The maximum atomic E-state index is 12.5. The van der Waals surface area contributed by atoms with E-state index in [0.29, 0.717) is 23.9 Å². The Balaban J connectivity index is 1.73. The number of H-pyrrole nitrogens is 1. The van der Waals surface area contributed by atoms with Crippen LogP contribution in [0.3, 0.4) is 0 Å². The molecule has 0 aliphatic carbocycles. The van der Waals surface area contributed by atoms with Crippen LogP contribution >= 0.6 is 12.2 Å². The number of likely N-dealkylation sites (N-methyl/N-ethyl adjacent to an activating group) is 1. The number of aromatic nitrogens is 2. The quantitative estimate of drug-likeness (QED) is 0.561. The van der Waals surface area contributed by atoms with Gasteiger partial charge in [-0.25, -0.2) is 4.98 Å². The average molecular weight is 366 g/mol. The number of hydrogen-bond acceptors (Lipinski definition) is 3. The van der Waals surface area contributed by atoms with Crippen molar-refractivity contribution in [1.82, 2.24) is 20.6 Å². The molecule has 1 aromatic heterocycles. The minimum Gasteiger partial charge on any atom is -0.379 e. The summed E-state index contributed by atoms with van der Waals surface area (Å²) in [5, 5.41) is 6.12. The van der Waals surface area contributed by atoms with Crippen LogP contribution in [0.25, 0.3) is 11.0 Å². The van der Waals surface area contributed by atoms with Crippen molar-refractivity contribution in [3.8, 4) is 0 Å². The van der Waals surface area contributed by atoms with Gasteiger partial charge in [0.15, 0.2) is 0 Å². The van der Waals surface area contributed by atoms with Crippen molar-refractivity contribution in [1.29, 1.82) is 0 Å². The molecule has 3 aromatic rings. The Morgan fingerprint density at radius 1 is 1.12 bits per heavy atom. The van der Waals surface area contributed by atoms with Crippen LogP contribution in [-0.2, 0) is 11.3 Å². The Morgan fingerprint density at radius 3 is 2.58 bits per heavy atom. The molecule has 0 radical (unpaired) electrons. The zero-order valence-corrected chi connectivity index (χ0v) is 15.5. The van der Waals surface area contributed by atoms with Gasteiger partial charge in [0.05, 0.1) is 21.9 Å². The van der Waals surface area contributed by atoms with Gasteiger partial charge in [-0.2, -0.15) is 0 Å². The van der Waals surface area contributed by atoms with E-state index in [2.05, 4.69) is 20.6 Å². The number of thiocarbonyl (C=S) groups is 1. The molecule has 6 heteroatoms. The van der Waals surface area contributed by atoms with Crippen molar-refractivity contribution in [2.24, 2.45) is 0 Å². The van der Waals surface area contributed by atoms with Crippen molar-refractivity contribution < 1.29 is 4.79 Å². The third kappa shape index (κ3) is 4.46. The first-order valence-corrected chi connectivity index (χ1v) is 9.11. The highest BCUT2D eigenvalue weighted by atomic mass is 32.1. The molecule has 0 fully saturated rings. The van der Waals surface area contributed by atoms with E-state index in [1.807, 2.05) is 61.5 Å². The maximum absolute atomic E-state index is 12.5. The molecule has 1 amide bonds. The van der Waals surface area contributed by atoms with Crippen molar-refractivity contribution in [2.75, 3.05) is 6.54 Å². The lowest BCUT2D eigenvalue weighted by molar-refractivity contribution is -0.121. The summed E-state index contributed by atoms with van der Waals surface area (Å²) in [6, 6.07) is 17.6. The predicted molar refractivity (Wildman–Crippen MR) is 108 cm³/mol. The lowest BCUT2D eigenvalue weighted by Gasteiger charge is -2.16. The third-order valence-electron chi connectivity index (χ3n) is 4.13. The van der Waals surface area contributed by atoms with E-state index in [-0.39, 0.29) is 18.2 Å². The Bertz CT molecular complexity index is 858. The van der Waals surface area contributed by atoms with Crippen molar-refractivity contribution >= 4 is 34.1 Å². The molecule has 0 bridgehead atoms. The first kappa shape index (κ1) is 18.1. The Kier molecular flexibility index (Phi) is 5.96. The molecular formula is C20H22N4OS. The molecule has 3 N–H and O–H groups in total. The molecule has 3 rings (SSSR count). The summed E-state index contributed by atoms with van der Waals surface area (Å²) in [5.74, 6) is 0.375. The summed E-state index contributed by atoms with van der Waals surface area (Å²) in [5.41, 5.74) is 2.88. The highest BCUT2D eigenvalue weighted by Crippen LogP contribution is 2.22. The van der Waals surface area contributed by atoms with Crippen LogP contribution in [0.2, 0.25) is 0 Å². The zero-order valence-electron chi connectivity index (χ0n) is 14.7. The average Bonchev–Trinajstić information content (AvgIpc) is 3.09. The number of rotatable bonds is 7. The monoisotopic (exact) mass is 366 g/mol. The minimum atomic E-state index is -0.284. The smallest absolute Gasteiger partial charge is 0.221 e. The van der Waals surface area contributed by atoms with Crippen LogP contribution in [0, 0.1) is 0 Å². The number of carbonyl (C=O) groups is 1. The normalized spacial score (nSPS) is 11.9. The van der Waals surface area contributed by atoms with Crippen LogP contribution in [0.1, 0.15) is 30.7 Å². The third-order valence-corrected chi connectivity index (χ3v) is 4.56. The van der Waals surface area contributed by atoms with Gasteiger partial charge in [-0.05, 0) is 24.6 Å². The Labute approximate surface area is 158 Å². The number of fused-ring (bicyclic) bond motifs is 1. The van der Waals surface area contributed by atoms with Gasteiger partial charge in [0.25, 0.3) is 0 Å². The van der Waals surface area contributed by atoms with E-state index in [0.717, 1.165) is 16.6 Å². The number of aromatic amines is 1. The van der Waals surface area contributed by atoms with Gasteiger partial charge in [0.1, 0.15) is 5.82 Å². The van der Waals surface area contributed by atoms with Gasteiger partial charge in [-0.3, -0.25) is 4.79 Å². The Hall–Kier alpha value is -2.73. The molecule has 5 nitrogen and oxygen atoms in total. The lowest BCUT2D eigenvalue weighted by Crippen LogP contribution is -2.33. The van der Waals surface area contributed by atoms with Crippen molar-refractivity contribution in [3.63, 3.8) is 0 Å². The highest BCUT2D eigenvalue weighted by molar-refractivity contribution is 7.80. The summed E-state index contributed by atoms with van der Waals surface area (Å²) >= 11 is 5.51. The van der Waals surface area contributed by atoms with E-state index in [4.69, 9.17) is 12.2 Å². The predicted octanol–water partition coefficient (Wildman–Crippen LogP) is 3.29. The zero-order chi connectivity index (χ0) is 18.4. The van der Waals surface area contributed by atoms with Crippen LogP contribution < -0.4 is 10.6 Å². The van der Waals surface area contributed by atoms with Crippen molar-refractivity contribution in [3.05, 3.63) is 66.0 Å². The topological polar surface area (TPSA) is 69.8 Å². The van der Waals surface area contributed by atoms with Gasteiger partial charge in [-0.15, -0.1) is 0 Å². The number of benzene rings is 2.